The molecule has 2 aromatic rings. The van der Waals surface area contributed by atoms with E-state index in [-0.39, 0.29) is 0 Å². The Morgan fingerprint density at radius 1 is 1.39 bits per heavy atom. The van der Waals surface area contributed by atoms with E-state index < -0.39 is 0 Å². The van der Waals surface area contributed by atoms with Crippen molar-refractivity contribution in [1.29, 1.82) is 0 Å². The molecule has 1 N–H and O–H groups in total. The zero-order valence-electron chi connectivity index (χ0n) is 10.9. The van der Waals surface area contributed by atoms with Gasteiger partial charge in [-0.1, -0.05) is 24.6 Å². The van der Waals surface area contributed by atoms with Crippen LogP contribution in [0.15, 0.2) is 24.4 Å². The topological polar surface area (TPSA) is 17.0 Å². The average molecular weight is 283 g/mol. The highest BCUT2D eigenvalue weighted by atomic mass is 35.5. The van der Waals surface area contributed by atoms with Gasteiger partial charge in [-0.25, -0.2) is 0 Å². The maximum Gasteiger partial charge on any atom is 0.0498 e. The molecule has 1 aromatic heterocycles. The molecule has 0 fully saturated rings. The smallest absolute Gasteiger partial charge is 0.0498 e. The lowest BCUT2D eigenvalue weighted by Crippen LogP contribution is -2.04. The van der Waals surface area contributed by atoms with Gasteiger partial charge in [0.05, 0.1) is 0 Å². The Hall–Kier alpha value is -0.640. The van der Waals surface area contributed by atoms with Crippen LogP contribution < -0.4 is 5.32 Å². The van der Waals surface area contributed by atoms with Crippen molar-refractivity contribution in [3.8, 4) is 0 Å². The van der Waals surface area contributed by atoms with E-state index in [0.717, 1.165) is 23.9 Å². The Bertz CT molecular complexity index is 522. The summed E-state index contributed by atoms with van der Waals surface area (Å²) in [7, 11) is 1.98. The molecule has 0 aliphatic carbocycles. The highest BCUT2D eigenvalue weighted by Crippen LogP contribution is 2.25. The van der Waals surface area contributed by atoms with Crippen LogP contribution in [0.2, 0.25) is 5.02 Å². The standard InChI is InChI=1S/C14H19ClN2S/c1-3-18-7-6-17-10-11(9-16-2)13-5-4-12(15)8-14(13)17/h4-5,8,10,16H,3,6-7,9H2,1-2H3. The maximum atomic E-state index is 6.10. The number of benzene rings is 1. The summed E-state index contributed by atoms with van der Waals surface area (Å²) in [6, 6.07) is 6.15. The normalized spacial score (nSPS) is 11.3. The minimum absolute atomic E-state index is 0.806. The van der Waals surface area contributed by atoms with E-state index in [4.69, 9.17) is 11.6 Å². The van der Waals surface area contributed by atoms with Gasteiger partial charge >= 0.3 is 0 Å². The summed E-state index contributed by atoms with van der Waals surface area (Å²) in [5.41, 5.74) is 2.58. The quantitative estimate of drug-likeness (QED) is 0.813. The Morgan fingerprint density at radius 3 is 2.94 bits per heavy atom. The van der Waals surface area contributed by atoms with E-state index in [9.17, 15) is 0 Å². The number of halogens is 1. The van der Waals surface area contributed by atoms with E-state index >= 15 is 0 Å². The largest absolute Gasteiger partial charge is 0.346 e. The summed E-state index contributed by atoms with van der Waals surface area (Å²) in [6.45, 7) is 4.13. The van der Waals surface area contributed by atoms with Crippen LogP contribution in [-0.2, 0) is 13.1 Å². The summed E-state index contributed by atoms with van der Waals surface area (Å²) in [6.07, 6.45) is 2.24. The van der Waals surface area contributed by atoms with Crippen LogP contribution in [0.1, 0.15) is 12.5 Å². The number of nitrogens with zero attached hydrogens (tertiary/aromatic N) is 1. The first-order valence-electron chi connectivity index (χ1n) is 6.26. The van der Waals surface area contributed by atoms with Gasteiger partial charge in [-0.2, -0.15) is 11.8 Å². The number of hydrogen-bond acceptors (Lipinski definition) is 2. The summed E-state index contributed by atoms with van der Waals surface area (Å²) < 4.78 is 2.32. The molecular weight excluding hydrogens is 264 g/mol. The number of nitrogens with one attached hydrogen (secondary N) is 1. The van der Waals surface area contributed by atoms with E-state index in [1.165, 1.54) is 22.2 Å². The van der Waals surface area contributed by atoms with Crippen molar-refractivity contribution in [3.05, 3.63) is 35.0 Å². The Balaban J connectivity index is 2.35. The lowest BCUT2D eigenvalue weighted by atomic mass is 10.2. The molecule has 0 aliphatic heterocycles. The lowest BCUT2D eigenvalue weighted by molar-refractivity contribution is 0.781. The second-order valence-corrected chi connectivity index (χ2v) is 6.07. The van der Waals surface area contributed by atoms with Gasteiger partial charge in [0.1, 0.15) is 0 Å². The van der Waals surface area contributed by atoms with Crippen molar-refractivity contribution in [2.75, 3.05) is 18.6 Å². The van der Waals surface area contributed by atoms with Crippen LogP contribution in [0.4, 0.5) is 0 Å². The monoisotopic (exact) mass is 282 g/mol. The third-order valence-electron chi connectivity index (χ3n) is 2.97. The SMILES string of the molecule is CCSCCn1cc(CNC)c2ccc(Cl)cc21. The zero-order valence-corrected chi connectivity index (χ0v) is 12.4. The highest BCUT2D eigenvalue weighted by molar-refractivity contribution is 7.99. The molecule has 0 aliphatic rings. The van der Waals surface area contributed by atoms with Gasteiger partial charge in [0, 0.05) is 41.0 Å². The second-order valence-electron chi connectivity index (χ2n) is 4.24. The fraction of sp³-hybridized carbons (Fsp3) is 0.429. The Labute approximate surface area is 118 Å². The minimum atomic E-state index is 0.806. The predicted octanol–water partition coefficient (Wildman–Crippen LogP) is 3.77. The molecule has 0 spiro atoms. The Kier molecular flexibility index (Phi) is 4.98. The van der Waals surface area contributed by atoms with Crippen LogP contribution in [0, 0.1) is 0 Å². The van der Waals surface area contributed by atoms with Crippen molar-refractivity contribution in [2.24, 2.45) is 0 Å². The first-order valence-corrected chi connectivity index (χ1v) is 7.79. The van der Waals surface area contributed by atoms with Gasteiger partial charge in [-0.05, 0) is 30.5 Å². The molecule has 4 heteroatoms. The van der Waals surface area contributed by atoms with Crippen molar-refractivity contribution in [3.63, 3.8) is 0 Å². The molecule has 0 bridgehead atoms. The van der Waals surface area contributed by atoms with E-state index in [1.54, 1.807) is 0 Å². The number of rotatable bonds is 6. The van der Waals surface area contributed by atoms with Gasteiger partial charge in [0.15, 0.2) is 0 Å². The molecule has 18 heavy (non-hydrogen) atoms. The molecule has 0 unspecified atom stereocenters. The van der Waals surface area contributed by atoms with E-state index in [1.807, 2.05) is 24.9 Å². The van der Waals surface area contributed by atoms with Crippen LogP contribution in [0.3, 0.4) is 0 Å². The summed E-state index contributed by atoms with van der Waals surface area (Å²) in [5.74, 6) is 2.31. The third-order valence-corrected chi connectivity index (χ3v) is 4.09. The fourth-order valence-corrected chi connectivity index (χ4v) is 2.95. The van der Waals surface area contributed by atoms with Crippen LogP contribution >= 0.6 is 23.4 Å². The van der Waals surface area contributed by atoms with Crippen molar-refractivity contribution < 1.29 is 0 Å². The van der Waals surface area contributed by atoms with E-state index in [0.29, 0.717) is 0 Å². The maximum absolute atomic E-state index is 6.10. The van der Waals surface area contributed by atoms with Crippen LogP contribution in [0.5, 0.6) is 0 Å². The molecule has 0 saturated carbocycles. The molecule has 2 rings (SSSR count). The number of aryl methyl sites for hydroxylation is 1. The molecule has 0 atom stereocenters. The van der Waals surface area contributed by atoms with Gasteiger partial charge in [0.25, 0.3) is 0 Å². The predicted molar refractivity (Wildman–Crippen MR) is 82.7 cm³/mol. The van der Waals surface area contributed by atoms with Gasteiger partial charge in [0.2, 0.25) is 0 Å². The molecule has 0 radical (unpaired) electrons. The molecule has 0 amide bonds. The number of aromatic nitrogens is 1. The van der Waals surface area contributed by atoms with Crippen molar-refractivity contribution in [2.45, 2.75) is 20.0 Å². The van der Waals surface area contributed by atoms with Crippen LogP contribution in [-0.4, -0.2) is 23.1 Å². The van der Waals surface area contributed by atoms with Crippen molar-refractivity contribution >= 4 is 34.3 Å². The molecule has 1 aromatic carbocycles. The first-order chi connectivity index (χ1) is 8.76. The first kappa shape index (κ1) is 13.8. The molecule has 0 saturated heterocycles. The summed E-state index contributed by atoms with van der Waals surface area (Å²) in [4.78, 5) is 0. The van der Waals surface area contributed by atoms with Crippen molar-refractivity contribution in [1.82, 2.24) is 9.88 Å². The number of fused-ring (bicyclic) bond motifs is 1. The van der Waals surface area contributed by atoms with Gasteiger partial charge in [-0.3, -0.25) is 0 Å². The number of hydrogen-bond donors (Lipinski definition) is 1. The molecule has 2 nitrogen and oxygen atoms in total. The highest BCUT2D eigenvalue weighted by Gasteiger charge is 2.08. The molecule has 98 valence electrons. The third kappa shape index (κ3) is 3.02. The second kappa shape index (κ2) is 6.50. The minimum Gasteiger partial charge on any atom is -0.346 e. The Morgan fingerprint density at radius 2 is 2.22 bits per heavy atom. The summed E-state index contributed by atoms with van der Waals surface area (Å²) >= 11 is 8.07. The number of thioether (sulfide) groups is 1. The van der Waals surface area contributed by atoms with E-state index in [2.05, 4.69) is 35.1 Å². The molecule has 1 heterocycles. The summed E-state index contributed by atoms with van der Waals surface area (Å²) in [5, 5.41) is 5.33. The fourth-order valence-electron chi connectivity index (χ4n) is 2.16. The van der Waals surface area contributed by atoms with Crippen LogP contribution in [0.25, 0.3) is 10.9 Å². The van der Waals surface area contributed by atoms with Gasteiger partial charge in [-0.15, -0.1) is 0 Å². The average Bonchev–Trinajstić information content (AvgIpc) is 2.68. The van der Waals surface area contributed by atoms with Gasteiger partial charge < -0.3 is 9.88 Å². The lowest BCUT2D eigenvalue weighted by Gasteiger charge is -2.04. The zero-order chi connectivity index (χ0) is 13.0. The molecular formula is C14H19ClN2S.